The molecule has 4 nitrogen and oxygen atoms in total. The number of hydrogen-bond acceptors (Lipinski definition) is 2. The molecule has 0 radical (unpaired) electrons. The lowest BCUT2D eigenvalue weighted by molar-refractivity contribution is -0.136. The Balaban J connectivity index is 2.12. The van der Waals surface area contributed by atoms with Gasteiger partial charge in [-0.3, -0.25) is 4.79 Å². The van der Waals surface area contributed by atoms with E-state index in [0.29, 0.717) is 16.8 Å². The molecule has 0 bridgehead atoms. The Bertz CT molecular complexity index is 383. The van der Waals surface area contributed by atoms with Crippen molar-refractivity contribution in [3.05, 3.63) is 16.7 Å². The number of H-pyrrole nitrogens is 1. The number of halogens is 1. The second-order valence-corrected chi connectivity index (χ2v) is 4.65. The maximum Gasteiger partial charge on any atom is 0.309 e. The van der Waals surface area contributed by atoms with Crippen molar-refractivity contribution in [3.63, 3.8) is 0 Å². The highest BCUT2D eigenvalue weighted by atomic mass is 35.5. The molecule has 5 heteroatoms. The fourth-order valence-corrected chi connectivity index (χ4v) is 2.45. The number of aromatic nitrogens is 2. The lowest BCUT2D eigenvalue weighted by Gasteiger charge is -2.19. The number of nitrogens with zero attached hydrogens (tertiary/aromatic N) is 1. The van der Waals surface area contributed by atoms with Crippen LogP contribution in [0.2, 0.25) is 5.15 Å². The van der Waals surface area contributed by atoms with Crippen LogP contribution in [0, 0.1) is 0 Å². The third-order valence-corrected chi connectivity index (χ3v) is 3.38. The number of carboxylic acid groups (broad SMARTS) is 1. The molecule has 1 fully saturated rings. The van der Waals surface area contributed by atoms with E-state index in [4.69, 9.17) is 16.7 Å². The summed E-state index contributed by atoms with van der Waals surface area (Å²) >= 11 is 5.90. The van der Waals surface area contributed by atoms with Crippen molar-refractivity contribution in [1.82, 2.24) is 9.97 Å². The van der Waals surface area contributed by atoms with E-state index >= 15 is 0 Å². The van der Waals surface area contributed by atoms with Gasteiger partial charge in [-0.1, -0.05) is 30.9 Å². The highest BCUT2D eigenvalue weighted by Gasteiger charge is 2.20. The standard InChI is InChI=1S/C11H15ClN2O2/c12-10-8(6-9(15)16)13-11(14-10)7-4-2-1-3-5-7/h7H,1-6H2,(H,13,14)(H,15,16). The molecule has 0 aliphatic heterocycles. The Hall–Kier alpha value is -1.03. The van der Waals surface area contributed by atoms with Crippen LogP contribution in [0.1, 0.15) is 49.5 Å². The second kappa shape index (κ2) is 4.87. The molecule has 88 valence electrons. The van der Waals surface area contributed by atoms with E-state index in [-0.39, 0.29) is 6.42 Å². The van der Waals surface area contributed by atoms with Gasteiger partial charge in [0.1, 0.15) is 5.82 Å². The van der Waals surface area contributed by atoms with Gasteiger partial charge in [-0.15, -0.1) is 0 Å². The van der Waals surface area contributed by atoms with E-state index in [1.807, 2.05) is 0 Å². The summed E-state index contributed by atoms with van der Waals surface area (Å²) in [4.78, 5) is 17.9. The Kier molecular flexibility index (Phi) is 3.49. The van der Waals surface area contributed by atoms with Crippen LogP contribution < -0.4 is 0 Å². The monoisotopic (exact) mass is 242 g/mol. The summed E-state index contributed by atoms with van der Waals surface area (Å²) in [5.41, 5.74) is 0.523. The maximum absolute atomic E-state index is 10.6. The third-order valence-electron chi connectivity index (χ3n) is 3.07. The molecule has 0 aromatic carbocycles. The molecule has 1 aromatic heterocycles. The van der Waals surface area contributed by atoms with Crippen molar-refractivity contribution in [2.24, 2.45) is 0 Å². The molecule has 1 saturated carbocycles. The number of rotatable bonds is 3. The zero-order valence-electron chi connectivity index (χ0n) is 9.00. The van der Waals surface area contributed by atoms with E-state index in [9.17, 15) is 4.79 Å². The Morgan fingerprint density at radius 1 is 1.44 bits per heavy atom. The van der Waals surface area contributed by atoms with E-state index in [1.165, 1.54) is 19.3 Å². The number of imidazole rings is 1. The van der Waals surface area contributed by atoms with E-state index < -0.39 is 5.97 Å². The minimum Gasteiger partial charge on any atom is -0.481 e. The van der Waals surface area contributed by atoms with Crippen molar-refractivity contribution in [1.29, 1.82) is 0 Å². The van der Waals surface area contributed by atoms with Crippen molar-refractivity contribution in [2.45, 2.75) is 44.4 Å². The van der Waals surface area contributed by atoms with Crippen LogP contribution in [0.5, 0.6) is 0 Å². The van der Waals surface area contributed by atoms with Gasteiger partial charge in [-0.05, 0) is 12.8 Å². The summed E-state index contributed by atoms with van der Waals surface area (Å²) in [5.74, 6) is 0.399. The Morgan fingerprint density at radius 2 is 2.12 bits per heavy atom. The van der Waals surface area contributed by atoms with E-state index in [0.717, 1.165) is 18.7 Å². The first-order chi connectivity index (χ1) is 7.66. The van der Waals surface area contributed by atoms with Gasteiger partial charge in [0, 0.05) is 5.92 Å². The Labute approximate surface area is 99.0 Å². The SMILES string of the molecule is O=C(O)Cc1[nH]c(C2CCCCC2)nc1Cl. The molecule has 0 atom stereocenters. The number of carbonyl (C=O) groups is 1. The summed E-state index contributed by atoms with van der Waals surface area (Å²) in [5, 5.41) is 9.01. The molecule has 2 rings (SSSR count). The first kappa shape index (κ1) is 11.5. The van der Waals surface area contributed by atoms with Crippen LogP contribution in [0.15, 0.2) is 0 Å². The van der Waals surface area contributed by atoms with Gasteiger partial charge in [-0.2, -0.15) is 0 Å². The normalized spacial score (nSPS) is 17.6. The van der Waals surface area contributed by atoms with Crippen molar-refractivity contribution in [2.75, 3.05) is 0 Å². The first-order valence-electron chi connectivity index (χ1n) is 5.63. The van der Waals surface area contributed by atoms with Crippen LogP contribution >= 0.6 is 11.6 Å². The van der Waals surface area contributed by atoms with Gasteiger partial charge in [0.2, 0.25) is 0 Å². The molecule has 1 aromatic rings. The molecule has 16 heavy (non-hydrogen) atoms. The fraction of sp³-hybridized carbons (Fsp3) is 0.636. The third kappa shape index (κ3) is 2.55. The van der Waals surface area contributed by atoms with E-state index in [1.54, 1.807) is 0 Å². The molecular formula is C11H15ClN2O2. The summed E-state index contributed by atoms with van der Waals surface area (Å²) < 4.78 is 0. The van der Waals surface area contributed by atoms with Crippen LogP contribution in [0.4, 0.5) is 0 Å². The predicted molar refractivity (Wildman–Crippen MR) is 60.8 cm³/mol. The minimum atomic E-state index is -0.888. The van der Waals surface area contributed by atoms with Gasteiger partial charge in [-0.25, -0.2) is 4.98 Å². The number of hydrogen-bond donors (Lipinski definition) is 2. The summed E-state index contributed by atoms with van der Waals surface area (Å²) in [6, 6.07) is 0. The van der Waals surface area contributed by atoms with Gasteiger partial charge in [0.05, 0.1) is 12.1 Å². The average molecular weight is 243 g/mol. The van der Waals surface area contributed by atoms with Gasteiger partial charge >= 0.3 is 5.97 Å². The highest BCUT2D eigenvalue weighted by Crippen LogP contribution is 2.32. The summed E-state index contributed by atoms with van der Waals surface area (Å²) in [6.45, 7) is 0. The van der Waals surface area contributed by atoms with Crippen LogP contribution in [-0.4, -0.2) is 21.0 Å². The average Bonchev–Trinajstić information content (AvgIpc) is 2.61. The van der Waals surface area contributed by atoms with Crippen LogP contribution in [-0.2, 0) is 11.2 Å². The predicted octanol–water partition coefficient (Wildman–Crippen LogP) is 2.74. The van der Waals surface area contributed by atoms with Crippen molar-refractivity contribution < 1.29 is 9.90 Å². The maximum atomic E-state index is 10.6. The van der Waals surface area contributed by atoms with Gasteiger partial charge in [0.25, 0.3) is 0 Å². The molecular weight excluding hydrogens is 228 g/mol. The molecule has 0 unspecified atom stereocenters. The molecule has 1 aliphatic carbocycles. The van der Waals surface area contributed by atoms with Gasteiger partial charge < -0.3 is 10.1 Å². The molecule has 2 N–H and O–H groups in total. The van der Waals surface area contributed by atoms with Crippen molar-refractivity contribution >= 4 is 17.6 Å². The number of nitrogens with one attached hydrogen (secondary N) is 1. The number of aliphatic carboxylic acids is 1. The lowest BCUT2D eigenvalue weighted by Crippen LogP contribution is -2.06. The molecule has 0 amide bonds. The summed E-state index contributed by atoms with van der Waals surface area (Å²) in [7, 11) is 0. The molecule has 1 heterocycles. The topological polar surface area (TPSA) is 66.0 Å². The number of aromatic amines is 1. The molecule has 1 aliphatic rings. The smallest absolute Gasteiger partial charge is 0.309 e. The lowest BCUT2D eigenvalue weighted by atomic mass is 9.89. The Morgan fingerprint density at radius 3 is 2.75 bits per heavy atom. The van der Waals surface area contributed by atoms with Gasteiger partial charge in [0.15, 0.2) is 5.15 Å². The highest BCUT2D eigenvalue weighted by molar-refractivity contribution is 6.30. The zero-order chi connectivity index (χ0) is 11.5. The largest absolute Gasteiger partial charge is 0.481 e. The minimum absolute atomic E-state index is 0.0848. The molecule has 0 spiro atoms. The zero-order valence-corrected chi connectivity index (χ0v) is 9.76. The van der Waals surface area contributed by atoms with Crippen LogP contribution in [0.25, 0.3) is 0 Å². The van der Waals surface area contributed by atoms with Crippen LogP contribution in [0.3, 0.4) is 0 Å². The quantitative estimate of drug-likeness (QED) is 0.857. The first-order valence-corrected chi connectivity index (χ1v) is 6.00. The van der Waals surface area contributed by atoms with E-state index in [2.05, 4.69) is 9.97 Å². The summed E-state index contributed by atoms with van der Waals surface area (Å²) in [6.07, 6.45) is 5.88. The second-order valence-electron chi connectivity index (χ2n) is 4.30. The molecule has 0 saturated heterocycles. The van der Waals surface area contributed by atoms with Crippen molar-refractivity contribution in [3.8, 4) is 0 Å². The fourth-order valence-electron chi connectivity index (χ4n) is 2.25. The number of carboxylic acids is 1.